The van der Waals surface area contributed by atoms with Gasteiger partial charge in [-0.1, -0.05) is 19.0 Å². The van der Waals surface area contributed by atoms with Crippen LogP contribution in [0.15, 0.2) is 16.5 Å². The van der Waals surface area contributed by atoms with Crippen LogP contribution in [0.5, 0.6) is 0 Å². The number of ether oxygens (including phenoxy) is 1. The topological polar surface area (TPSA) is 85.2 Å². The first kappa shape index (κ1) is 15.2. The van der Waals surface area contributed by atoms with Gasteiger partial charge >= 0.3 is 5.97 Å². The van der Waals surface area contributed by atoms with Crippen LogP contribution in [0, 0.1) is 11.3 Å². The molecular formula is C13H19NO5. The molecule has 0 bridgehead atoms. The minimum absolute atomic E-state index is 0.00294. The molecule has 0 aromatic heterocycles. The van der Waals surface area contributed by atoms with E-state index in [1.807, 2.05) is 0 Å². The minimum Gasteiger partial charge on any atom is -0.511 e. The number of Topliss-reactive ketones (excluding diaryl/α,β-unsaturated/α-hetero) is 1. The molecule has 0 aromatic rings. The molecule has 6 nitrogen and oxygen atoms in total. The number of aliphatic hydroxyl groups excluding tert-OH is 1. The van der Waals surface area contributed by atoms with E-state index < -0.39 is 17.3 Å². The Balaban J connectivity index is 3.19. The molecule has 1 unspecified atom stereocenters. The summed E-state index contributed by atoms with van der Waals surface area (Å²) in [6.45, 7) is 5.57. The maximum atomic E-state index is 12.0. The zero-order valence-corrected chi connectivity index (χ0v) is 11.6. The van der Waals surface area contributed by atoms with Gasteiger partial charge in [-0.05, 0) is 12.3 Å². The first-order valence-electron chi connectivity index (χ1n) is 6.04. The lowest BCUT2D eigenvalue weighted by molar-refractivity contribution is -0.150. The Labute approximate surface area is 112 Å². The monoisotopic (exact) mass is 269 g/mol. The number of hydrogen-bond acceptors (Lipinski definition) is 6. The summed E-state index contributed by atoms with van der Waals surface area (Å²) < 4.78 is 4.68. The average Bonchev–Trinajstić information content (AvgIpc) is 2.31. The Kier molecular flexibility index (Phi) is 4.69. The summed E-state index contributed by atoms with van der Waals surface area (Å²) in [5, 5.41) is 13.7. The van der Waals surface area contributed by atoms with E-state index in [4.69, 9.17) is 4.84 Å². The van der Waals surface area contributed by atoms with Gasteiger partial charge in [0.2, 0.25) is 0 Å². The van der Waals surface area contributed by atoms with E-state index in [1.54, 1.807) is 20.8 Å². The molecule has 19 heavy (non-hydrogen) atoms. The van der Waals surface area contributed by atoms with Crippen LogP contribution in [0.4, 0.5) is 0 Å². The van der Waals surface area contributed by atoms with E-state index in [9.17, 15) is 14.7 Å². The lowest BCUT2D eigenvalue weighted by atomic mass is 9.68. The van der Waals surface area contributed by atoms with Crippen molar-refractivity contribution in [3.05, 3.63) is 11.3 Å². The van der Waals surface area contributed by atoms with Crippen LogP contribution in [-0.4, -0.2) is 36.8 Å². The van der Waals surface area contributed by atoms with Gasteiger partial charge in [0.25, 0.3) is 0 Å². The molecule has 0 spiro atoms. The number of carbonyl (C=O) groups excluding carboxylic acids is 2. The average molecular weight is 269 g/mol. The fraction of sp³-hybridized carbons (Fsp3) is 0.615. The highest BCUT2D eigenvalue weighted by atomic mass is 16.6. The molecule has 6 heteroatoms. The lowest BCUT2D eigenvalue weighted by Crippen LogP contribution is -2.40. The molecule has 0 fully saturated rings. The second-order valence-electron chi connectivity index (χ2n) is 5.00. The molecule has 0 amide bonds. The molecule has 0 heterocycles. The number of carbonyl (C=O) groups is 2. The quantitative estimate of drug-likeness (QED) is 0.476. The molecule has 1 N–H and O–H groups in total. The van der Waals surface area contributed by atoms with Crippen molar-refractivity contribution >= 4 is 18.0 Å². The van der Waals surface area contributed by atoms with Crippen molar-refractivity contribution in [1.29, 1.82) is 0 Å². The van der Waals surface area contributed by atoms with Crippen LogP contribution < -0.4 is 0 Å². The first-order chi connectivity index (χ1) is 8.85. The van der Waals surface area contributed by atoms with Crippen molar-refractivity contribution in [3.63, 3.8) is 0 Å². The van der Waals surface area contributed by atoms with E-state index in [0.717, 1.165) is 6.21 Å². The summed E-state index contributed by atoms with van der Waals surface area (Å²) in [7, 11) is 1.25. The fourth-order valence-corrected chi connectivity index (χ4v) is 2.13. The van der Waals surface area contributed by atoms with Crippen molar-refractivity contribution in [2.45, 2.75) is 27.2 Å². The van der Waals surface area contributed by atoms with Gasteiger partial charge in [0.05, 0.1) is 18.9 Å². The van der Waals surface area contributed by atoms with Crippen molar-refractivity contribution in [3.8, 4) is 0 Å². The van der Waals surface area contributed by atoms with Crippen LogP contribution >= 0.6 is 0 Å². The highest BCUT2D eigenvalue weighted by Crippen LogP contribution is 2.41. The zero-order chi connectivity index (χ0) is 14.6. The molecule has 0 saturated carbocycles. The SMILES string of the molecule is CCON=CC1=C(O)C(C(=O)OC)C(C)(C)CC1=O. The van der Waals surface area contributed by atoms with Gasteiger partial charge in [-0.25, -0.2) is 0 Å². The van der Waals surface area contributed by atoms with E-state index in [2.05, 4.69) is 9.89 Å². The van der Waals surface area contributed by atoms with Crippen LogP contribution in [0.2, 0.25) is 0 Å². The van der Waals surface area contributed by atoms with Gasteiger partial charge < -0.3 is 14.7 Å². The Morgan fingerprint density at radius 3 is 2.74 bits per heavy atom. The van der Waals surface area contributed by atoms with Gasteiger partial charge in [-0.15, -0.1) is 0 Å². The largest absolute Gasteiger partial charge is 0.511 e. The van der Waals surface area contributed by atoms with Crippen LogP contribution in [-0.2, 0) is 19.2 Å². The molecule has 0 aliphatic heterocycles. The van der Waals surface area contributed by atoms with Gasteiger partial charge in [0, 0.05) is 6.42 Å². The molecule has 1 aliphatic carbocycles. The number of methoxy groups -OCH3 is 1. The van der Waals surface area contributed by atoms with E-state index in [0.29, 0.717) is 6.61 Å². The van der Waals surface area contributed by atoms with Crippen molar-refractivity contribution in [2.75, 3.05) is 13.7 Å². The predicted molar refractivity (Wildman–Crippen MR) is 68.7 cm³/mol. The Morgan fingerprint density at radius 1 is 1.58 bits per heavy atom. The summed E-state index contributed by atoms with van der Waals surface area (Å²) >= 11 is 0. The molecule has 0 aromatic carbocycles. The molecule has 106 valence electrons. The van der Waals surface area contributed by atoms with Crippen LogP contribution in [0.25, 0.3) is 0 Å². The number of esters is 1. The number of allylic oxidation sites excluding steroid dienone is 1. The number of hydrogen-bond donors (Lipinski definition) is 1. The Bertz CT molecular complexity index is 436. The van der Waals surface area contributed by atoms with Crippen molar-refractivity contribution < 1.29 is 24.3 Å². The smallest absolute Gasteiger partial charge is 0.316 e. The fourth-order valence-electron chi connectivity index (χ4n) is 2.13. The minimum atomic E-state index is -0.877. The number of rotatable bonds is 4. The molecule has 0 radical (unpaired) electrons. The van der Waals surface area contributed by atoms with Gasteiger partial charge in [-0.2, -0.15) is 0 Å². The third kappa shape index (κ3) is 3.13. The summed E-state index contributed by atoms with van der Waals surface area (Å²) in [6, 6.07) is 0. The van der Waals surface area contributed by atoms with Crippen molar-refractivity contribution in [2.24, 2.45) is 16.5 Å². The van der Waals surface area contributed by atoms with E-state index in [-0.39, 0.29) is 23.5 Å². The Hall–Kier alpha value is -1.85. The highest BCUT2D eigenvalue weighted by Gasteiger charge is 2.46. The zero-order valence-electron chi connectivity index (χ0n) is 11.6. The summed E-state index contributed by atoms with van der Waals surface area (Å²) in [4.78, 5) is 28.5. The number of oxime groups is 1. The summed E-state index contributed by atoms with van der Waals surface area (Å²) in [5.41, 5.74) is -0.694. The first-order valence-corrected chi connectivity index (χ1v) is 6.04. The number of nitrogens with zero attached hydrogens (tertiary/aromatic N) is 1. The van der Waals surface area contributed by atoms with Crippen molar-refractivity contribution in [1.82, 2.24) is 0 Å². The van der Waals surface area contributed by atoms with E-state index in [1.165, 1.54) is 7.11 Å². The highest BCUT2D eigenvalue weighted by molar-refractivity contribution is 6.15. The standard InChI is InChI=1S/C13H19NO5/c1-5-19-14-7-8-9(15)6-13(2,3)10(11(8)16)12(17)18-4/h7,10,16H,5-6H2,1-4H3. The van der Waals surface area contributed by atoms with Gasteiger partial charge in [0.15, 0.2) is 5.78 Å². The second-order valence-corrected chi connectivity index (χ2v) is 5.00. The van der Waals surface area contributed by atoms with Gasteiger partial charge in [0.1, 0.15) is 18.3 Å². The third-order valence-corrected chi connectivity index (χ3v) is 3.07. The summed E-state index contributed by atoms with van der Waals surface area (Å²) in [6.07, 6.45) is 1.27. The number of ketones is 1. The molecule has 0 saturated heterocycles. The normalized spacial score (nSPS) is 22.7. The maximum Gasteiger partial charge on any atom is 0.316 e. The predicted octanol–water partition coefficient (Wildman–Crippen LogP) is 1.61. The summed E-state index contributed by atoms with van der Waals surface area (Å²) in [5.74, 6) is -2.03. The maximum absolute atomic E-state index is 12.0. The Morgan fingerprint density at radius 2 is 2.21 bits per heavy atom. The number of aliphatic hydroxyl groups is 1. The van der Waals surface area contributed by atoms with Gasteiger partial charge in [-0.3, -0.25) is 9.59 Å². The third-order valence-electron chi connectivity index (χ3n) is 3.07. The van der Waals surface area contributed by atoms with E-state index >= 15 is 0 Å². The lowest BCUT2D eigenvalue weighted by Gasteiger charge is -2.35. The molecular weight excluding hydrogens is 250 g/mol. The van der Waals surface area contributed by atoms with Crippen LogP contribution in [0.3, 0.4) is 0 Å². The molecule has 1 rings (SSSR count). The molecule has 1 atom stereocenters. The molecule has 1 aliphatic rings. The second kappa shape index (κ2) is 5.86. The van der Waals surface area contributed by atoms with Crippen LogP contribution in [0.1, 0.15) is 27.2 Å².